The molecule has 0 radical (unpaired) electrons. The Kier molecular flexibility index (Phi) is 9.20. The largest absolute Gasteiger partial charge is 0.356 e. The third-order valence-electron chi connectivity index (χ3n) is 3.38. The quantitative estimate of drug-likeness (QED) is 0.411. The first kappa shape index (κ1) is 20.3. The second kappa shape index (κ2) is 10.9. The van der Waals surface area contributed by atoms with Gasteiger partial charge >= 0.3 is 0 Å². The third kappa shape index (κ3) is 6.38. The molecule has 24 heavy (non-hydrogen) atoms. The average molecular weight is 455 g/mol. The highest BCUT2D eigenvalue weighted by atomic mass is 127. The molecule has 4 nitrogen and oxygen atoms in total. The maximum Gasteiger partial charge on any atom is 0.191 e. The summed E-state index contributed by atoms with van der Waals surface area (Å²) in [4.78, 5) is 4.20. The lowest BCUT2D eigenvalue weighted by Gasteiger charge is -2.12. The lowest BCUT2D eigenvalue weighted by Crippen LogP contribution is -2.37. The summed E-state index contributed by atoms with van der Waals surface area (Å²) in [6, 6.07) is 17.5. The molecule has 0 amide bonds. The van der Waals surface area contributed by atoms with Crippen LogP contribution in [0.2, 0.25) is 5.02 Å². The lowest BCUT2D eigenvalue weighted by atomic mass is 10.1. The minimum absolute atomic E-state index is 0. The second-order valence-corrected chi connectivity index (χ2v) is 5.41. The van der Waals surface area contributed by atoms with Gasteiger partial charge in [0.05, 0.1) is 11.6 Å². The van der Waals surface area contributed by atoms with E-state index in [4.69, 9.17) is 16.9 Å². The molecular weight excluding hydrogens is 435 g/mol. The first-order valence-electron chi connectivity index (χ1n) is 7.40. The number of nitrogens with one attached hydrogen (secondary N) is 2. The van der Waals surface area contributed by atoms with Crippen molar-refractivity contribution in [3.8, 4) is 6.07 Å². The molecule has 126 valence electrons. The molecule has 2 aromatic carbocycles. The van der Waals surface area contributed by atoms with E-state index < -0.39 is 0 Å². The van der Waals surface area contributed by atoms with Crippen molar-refractivity contribution >= 4 is 41.5 Å². The summed E-state index contributed by atoms with van der Waals surface area (Å²) in [5.74, 6) is 0.722. The smallest absolute Gasteiger partial charge is 0.191 e. The fourth-order valence-electron chi connectivity index (χ4n) is 2.17. The van der Waals surface area contributed by atoms with E-state index in [0.717, 1.165) is 35.1 Å². The van der Waals surface area contributed by atoms with Crippen molar-refractivity contribution < 1.29 is 0 Å². The van der Waals surface area contributed by atoms with Gasteiger partial charge in [-0.25, -0.2) is 0 Å². The van der Waals surface area contributed by atoms with Crippen LogP contribution < -0.4 is 10.6 Å². The van der Waals surface area contributed by atoms with E-state index in [1.165, 1.54) is 0 Å². The van der Waals surface area contributed by atoms with Gasteiger partial charge in [-0.05, 0) is 35.7 Å². The van der Waals surface area contributed by atoms with Crippen molar-refractivity contribution in [2.24, 2.45) is 4.99 Å². The Hall–Kier alpha value is -1.78. The molecule has 2 N–H and O–H groups in total. The number of nitrogens with zero attached hydrogens (tertiary/aromatic N) is 2. The molecule has 2 rings (SSSR count). The normalized spacial score (nSPS) is 10.5. The van der Waals surface area contributed by atoms with Crippen molar-refractivity contribution in [2.45, 2.75) is 13.0 Å². The summed E-state index contributed by atoms with van der Waals surface area (Å²) in [5, 5.41) is 16.2. The number of benzene rings is 2. The highest BCUT2D eigenvalue weighted by molar-refractivity contribution is 14.0. The van der Waals surface area contributed by atoms with Crippen molar-refractivity contribution in [3.05, 3.63) is 70.2 Å². The fourth-order valence-corrected chi connectivity index (χ4v) is 2.40. The first-order chi connectivity index (χ1) is 11.2. The monoisotopic (exact) mass is 454 g/mol. The molecule has 0 aliphatic heterocycles. The molecule has 0 spiro atoms. The number of halogens is 2. The minimum Gasteiger partial charge on any atom is -0.356 e. The van der Waals surface area contributed by atoms with Crippen molar-refractivity contribution in [3.63, 3.8) is 0 Å². The highest BCUT2D eigenvalue weighted by Crippen LogP contribution is 2.14. The zero-order valence-electron chi connectivity index (χ0n) is 13.4. The summed E-state index contributed by atoms with van der Waals surface area (Å²) in [7, 11) is 1.73. The SMILES string of the molecule is CN=C(NCCc1ccccc1Cl)NCc1cccc(C#N)c1.I. The van der Waals surface area contributed by atoms with Crippen LogP contribution >= 0.6 is 35.6 Å². The fraction of sp³-hybridized carbons (Fsp3) is 0.222. The zero-order valence-corrected chi connectivity index (χ0v) is 16.5. The number of rotatable bonds is 5. The van der Waals surface area contributed by atoms with Crippen LogP contribution in [-0.2, 0) is 13.0 Å². The molecule has 6 heteroatoms. The van der Waals surface area contributed by atoms with E-state index >= 15 is 0 Å². The van der Waals surface area contributed by atoms with Crippen LogP contribution in [-0.4, -0.2) is 19.6 Å². The van der Waals surface area contributed by atoms with Crippen molar-refractivity contribution in [1.29, 1.82) is 5.26 Å². The first-order valence-corrected chi connectivity index (χ1v) is 7.77. The lowest BCUT2D eigenvalue weighted by molar-refractivity contribution is 0.794. The van der Waals surface area contributed by atoms with Gasteiger partial charge in [0.25, 0.3) is 0 Å². The maximum atomic E-state index is 8.92. The van der Waals surface area contributed by atoms with Gasteiger partial charge in [-0.15, -0.1) is 24.0 Å². The molecule has 2 aromatic rings. The molecule has 0 saturated carbocycles. The van der Waals surface area contributed by atoms with Crippen molar-refractivity contribution in [2.75, 3.05) is 13.6 Å². The van der Waals surface area contributed by atoms with Gasteiger partial charge in [-0.2, -0.15) is 5.26 Å². The second-order valence-electron chi connectivity index (χ2n) is 5.01. The van der Waals surface area contributed by atoms with E-state index in [2.05, 4.69) is 21.7 Å². The van der Waals surface area contributed by atoms with Gasteiger partial charge in [0.15, 0.2) is 5.96 Å². The Morgan fingerprint density at radius 3 is 2.67 bits per heavy atom. The summed E-state index contributed by atoms with van der Waals surface area (Å²) in [5.41, 5.74) is 2.81. The predicted molar refractivity (Wildman–Crippen MR) is 110 cm³/mol. The third-order valence-corrected chi connectivity index (χ3v) is 3.75. The van der Waals surface area contributed by atoms with E-state index in [0.29, 0.717) is 12.1 Å². The minimum atomic E-state index is 0. The Bertz CT molecular complexity index is 725. The van der Waals surface area contributed by atoms with Gasteiger partial charge in [0, 0.05) is 25.2 Å². The molecular formula is C18H20ClIN4. The summed E-state index contributed by atoms with van der Waals surface area (Å²) < 4.78 is 0. The van der Waals surface area contributed by atoms with Crippen LogP contribution in [0.1, 0.15) is 16.7 Å². The zero-order chi connectivity index (χ0) is 16.5. The summed E-state index contributed by atoms with van der Waals surface area (Å²) in [6.07, 6.45) is 0.824. The summed E-state index contributed by atoms with van der Waals surface area (Å²) >= 11 is 6.14. The summed E-state index contributed by atoms with van der Waals surface area (Å²) in [6.45, 7) is 1.35. The average Bonchev–Trinajstić information content (AvgIpc) is 2.59. The topological polar surface area (TPSA) is 60.2 Å². The maximum absolute atomic E-state index is 8.92. The van der Waals surface area contributed by atoms with E-state index in [1.54, 1.807) is 13.1 Å². The molecule has 0 fully saturated rings. The highest BCUT2D eigenvalue weighted by Gasteiger charge is 2.01. The molecule has 0 heterocycles. The van der Waals surface area contributed by atoms with Gasteiger partial charge in [0.1, 0.15) is 0 Å². The Balaban J connectivity index is 0.00000288. The molecule has 0 aliphatic carbocycles. The molecule has 0 unspecified atom stereocenters. The van der Waals surface area contributed by atoms with E-state index in [1.807, 2.05) is 42.5 Å². The molecule has 0 saturated heterocycles. The van der Waals surface area contributed by atoms with Crippen LogP contribution in [0.5, 0.6) is 0 Å². The molecule has 0 bridgehead atoms. The van der Waals surface area contributed by atoms with Crippen LogP contribution in [0.15, 0.2) is 53.5 Å². The number of aliphatic imine (C=N–C) groups is 1. The number of hydrogen-bond donors (Lipinski definition) is 2. The van der Waals surface area contributed by atoms with E-state index in [-0.39, 0.29) is 24.0 Å². The van der Waals surface area contributed by atoms with Gasteiger partial charge in [-0.1, -0.05) is 41.9 Å². The Morgan fingerprint density at radius 1 is 1.17 bits per heavy atom. The molecule has 0 atom stereocenters. The van der Waals surface area contributed by atoms with Gasteiger partial charge in [0.2, 0.25) is 0 Å². The Labute approximate surface area is 165 Å². The number of nitriles is 1. The molecule has 0 aliphatic rings. The van der Waals surface area contributed by atoms with Gasteiger partial charge < -0.3 is 10.6 Å². The van der Waals surface area contributed by atoms with Crippen molar-refractivity contribution in [1.82, 2.24) is 10.6 Å². The van der Waals surface area contributed by atoms with Crippen LogP contribution in [0.25, 0.3) is 0 Å². The standard InChI is InChI=1S/C18H19ClN4.HI/c1-21-18(22-10-9-16-7-2-3-8-17(16)19)23-13-15-6-4-5-14(11-15)12-20;/h2-8,11H,9-10,13H2,1H3,(H2,21,22,23);1H. The van der Waals surface area contributed by atoms with Crippen LogP contribution in [0, 0.1) is 11.3 Å². The van der Waals surface area contributed by atoms with Crippen LogP contribution in [0.3, 0.4) is 0 Å². The van der Waals surface area contributed by atoms with Crippen LogP contribution in [0.4, 0.5) is 0 Å². The predicted octanol–water partition coefficient (Wildman–Crippen LogP) is 3.74. The van der Waals surface area contributed by atoms with E-state index in [9.17, 15) is 0 Å². The number of guanidine groups is 1. The molecule has 0 aromatic heterocycles. The van der Waals surface area contributed by atoms with Gasteiger partial charge in [-0.3, -0.25) is 4.99 Å². The Morgan fingerprint density at radius 2 is 1.96 bits per heavy atom. The number of hydrogen-bond acceptors (Lipinski definition) is 2.